The fourth-order valence-electron chi connectivity index (χ4n) is 1.67. The van der Waals surface area contributed by atoms with Crippen LogP contribution in [0.3, 0.4) is 0 Å². The van der Waals surface area contributed by atoms with Gasteiger partial charge >= 0.3 is 0 Å². The predicted octanol–water partition coefficient (Wildman–Crippen LogP) is 3.04. The Morgan fingerprint density at radius 1 is 1.06 bits per heavy atom. The molecule has 0 aliphatic carbocycles. The Labute approximate surface area is 100 Å². The molecule has 0 amide bonds. The molecule has 3 N–H and O–H groups in total. The van der Waals surface area contributed by atoms with Crippen LogP contribution >= 0.6 is 0 Å². The van der Waals surface area contributed by atoms with Gasteiger partial charge in [0, 0.05) is 0 Å². The van der Waals surface area contributed by atoms with Crippen molar-refractivity contribution in [3.63, 3.8) is 0 Å². The largest absolute Gasteiger partial charge is 0.508 e. The van der Waals surface area contributed by atoms with Crippen molar-refractivity contribution in [2.45, 2.75) is 6.92 Å². The number of nitrogens with two attached hydrogens (primary N) is 1. The molecule has 0 aromatic heterocycles. The second kappa shape index (κ2) is 4.78. The van der Waals surface area contributed by atoms with Crippen LogP contribution in [0.4, 0.5) is 5.69 Å². The Balaban J connectivity index is 2.34. The highest BCUT2D eigenvalue weighted by Crippen LogP contribution is 2.29. The Bertz CT molecular complexity index is 506. The molecular formula is C14H15NO2. The number of rotatable bonds is 3. The molecule has 17 heavy (non-hydrogen) atoms. The van der Waals surface area contributed by atoms with Crippen molar-refractivity contribution in [1.29, 1.82) is 0 Å². The van der Waals surface area contributed by atoms with Crippen molar-refractivity contribution in [3.05, 3.63) is 42.5 Å². The smallest absolute Gasteiger partial charge is 0.142 e. The molecule has 2 rings (SSSR count). The average Bonchev–Trinajstić information content (AvgIpc) is 2.33. The summed E-state index contributed by atoms with van der Waals surface area (Å²) < 4.78 is 5.38. The van der Waals surface area contributed by atoms with Crippen molar-refractivity contribution in [2.24, 2.45) is 0 Å². The summed E-state index contributed by atoms with van der Waals surface area (Å²) in [7, 11) is 0. The van der Waals surface area contributed by atoms with E-state index in [0.717, 1.165) is 11.1 Å². The molecule has 2 aromatic rings. The summed E-state index contributed by atoms with van der Waals surface area (Å²) in [5, 5.41) is 9.23. The van der Waals surface area contributed by atoms with Crippen molar-refractivity contribution in [3.8, 4) is 22.6 Å². The van der Waals surface area contributed by atoms with E-state index >= 15 is 0 Å². The second-order valence-corrected chi connectivity index (χ2v) is 3.73. The molecule has 3 nitrogen and oxygen atoms in total. The van der Waals surface area contributed by atoms with Gasteiger partial charge in [0.15, 0.2) is 0 Å². The molecule has 0 unspecified atom stereocenters. The first-order chi connectivity index (χ1) is 8.20. The zero-order valence-electron chi connectivity index (χ0n) is 9.68. The first kappa shape index (κ1) is 11.3. The third-order valence-electron chi connectivity index (χ3n) is 2.51. The van der Waals surface area contributed by atoms with Crippen LogP contribution in [0.1, 0.15) is 6.92 Å². The Morgan fingerprint density at radius 2 is 1.71 bits per heavy atom. The van der Waals surface area contributed by atoms with Crippen molar-refractivity contribution >= 4 is 5.69 Å². The monoisotopic (exact) mass is 229 g/mol. The van der Waals surface area contributed by atoms with Crippen LogP contribution in [0.5, 0.6) is 11.5 Å². The zero-order chi connectivity index (χ0) is 12.3. The number of hydrogen-bond acceptors (Lipinski definition) is 3. The van der Waals surface area contributed by atoms with Gasteiger partial charge in [-0.3, -0.25) is 0 Å². The molecule has 0 heterocycles. The lowest BCUT2D eigenvalue weighted by atomic mass is 10.0. The molecular weight excluding hydrogens is 214 g/mol. The number of hydrogen-bond donors (Lipinski definition) is 2. The van der Waals surface area contributed by atoms with Gasteiger partial charge in [-0.25, -0.2) is 0 Å². The number of ether oxygens (including phenoxy) is 1. The van der Waals surface area contributed by atoms with Gasteiger partial charge in [-0.05, 0) is 42.3 Å². The van der Waals surface area contributed by atoms with Gasteiger partial charge in [-0.2, -0.15) is 0 Å². The van der Waals surface area contributed by atoms with Gasteiger partial charge in [0.2, 0.25) is 0 Å². The minimum absolute atomic E-state index is 0.257. The highest BCUT2D eigenvalue weighted by Gasteiger charge is 2.03. The molecule has 0 bridgehead atoms. The maximum absolute atomic E-state index is 9.23. The first-order valence-corrected chi connectivity index (χ1v) is 5.52. The van der Waals surface area contributed by atoms with Gasteiger partial charge in [0.05, 0.1) is 12.3 Å². The Hall–Kier alpha value is -2.16. The normalized spacial score (nSPS) is 10.2. The molecule has 88 valence electrons. The molecule has 0 atom stereocenters. The third-order valence-corrected chi connectivity index (χ3v) is 2.51. The van der Waals surface area contributed by atoms with E-state index in [1.165, 1.54) is 0 Å². The molecule has 0 aliphatic rings. The molecule has 0 fully saturated rings. The first-order valence-electron chi connectivity index (χ1n) is 5.52. The maximum atomic E-state index is 9.23. The van der Waals surface area contributed by atoms with E-state index in [0.29, 0.717) is 18.0 Å². The van der Waals surface area contributed by atoms with Crippen LogP contribution in [0.15, 0.2) is 42.5 Å². The minimum atomic E-state index is 0.257. The van der Waals surface area contributed by atoms with Gasteiger partial charge in [0.1, 0.15) is 11.5 Å². The lowest BCUT2D eigenvalue weighted by Gasteiger charge is -2.09. The Kier molecular flexibility index (Phi) is 3.19. The lowest BCUT2D eigenvalue weighted by Crippen LogP contribution is -1.96. The van der Waals surface area contributed by atoms with Gasteiger partial charge in [-0.1, -0.05) is 18.2 Å². The summed E-state index contributed by atoms with van der Waals surface area (Å²) in [4.78, 5) is 0. The van der Waals surface area contributed by atoms with E-state index in [9.17, 15) is 5.11 Å². The van der Waals surface area contributed by atoms with Crippen LogP contribution < -0.4 is 10.5 Å². The highest BCUT2D eigenvalue weighted by molar-refractivity contribution is 5.71. The van der Waals surface area contributed by atoms with Crippen molar-refractivity contribution in [2.75, 3.05) is 12.3 Å². The molecule has 0 saturated heterocycles. The summed E-state index contributed by atoms with van der Waals surface area (Å²) in [6.07, 6.45) is 0. The van der Waals surface area contributed by atoms with Crippen LogP contribution in [0.2, 0.25) is 0 Å². The van der Waals surface area contributed by atoms with Gasteiger partial charge in [0.25, 0.3) is 0 Å². The van der Waals surface area contributed by atoms with E-state index in [-0.39, 0.29) is 5.75 Å². The SMILES string of the molecule is CCOc1ccc(-c2ccc(O)cc2)cc1N. The molecule has 2 aromatic carbocycles. The molecule has 0 spiro atoms. The van der Waals surface area contributed by atoms with Crippen LogP contribution in [0.25, 0.3) is 11.1 Å². The summed E-state index contributed by atoms with van der Waals surface area (Å²) in [5.74, 6) is 0.961. The van der Waals surface area contributed by atoms with Crippen LogP contribution in [0, 0.1) is 0 Å². The Morgan fingerprint density at radius 3 is 2.29 bits per heavy atom. The van der Waals surface area contributed by atoms with Crippen molar-refractivity contribution < 1.29 is 9.84 Å². The number of anilines is 1. The van der Waals surface area contributed by atoms with E-state index in [1.54, 1.807) is 12.1 Å². The summed E-state index contributed by atoms with van der Waals surface area (Å²) >= 11 is 0. The summed E-state index contributed by atoms with van der Waals surface area (Å²) in [6, 6.07) is 12.7. The molecule has 0 aliphatic heterocycles. The maximum Gasteiger partial charge on any atom is 0.142 e. The van der Waals surface area contributed by atoms with Crippen LogP contribution in [-0.4, -0.2) is 11.7 Å². The summed E-state index contributed by atoms with van der Waals surface area (Å²) in [6.45, 7) is 2.52. The van der Waals surface area contributed by atoms with E-state index in [1.807, 2.05) is 37.3 Å². The molecule has 0 saturated carbocycles. The number of benzene rings is 2. The number of phenols is 1. The molecule has 3 heteroatoms. The standard InChI is InChI=1S/C14H15NO2/c1-2-17-14-8-5-11(9-13(14)15)10-3-6-12(16)7-4-10/h3-9,16H,2,15H2,1H3. The average molecular weight is 229 g/mol. The van der Waals surface area contributed by atoms with Gasteiger partial charge in [-0.15, -0.1) is 0 Å². The lowest BCUT2D eigenvalue weighted by molar-refractivity contribution is 0.342. The second-order valence-electron chi connectivity index (χ2n) is 3.73. The predicted molar refractivity (Wildman–Crippen MR) is 69.1 cm³/mol. The van der Waals surface area contributed by atoms with E-state index < -0.39 is 0 Å². The van der Waals surface area contributed by atoms with E-state index in [4.69, 9.17) is 10.5 Å². The number of aromatic hydroxyl groups is 1. The zero-order valence-corrected chi connectivity index (χ0v) is 9.68. The fraction of sp³-hybridized carbons (Fsp3) is 0.143. The number of nitrogen functional groups attached to an aromatic ring is 1. The quantitative estimate of drug-likeness (QED) is 0.795. The third kappa shape index (κ3) is 2.50. The molecule has 0 radical (unpaired) electrons. The van der Waals surface area contributed by atoms with Gasteiger partial charge < -0.3 is 15.6 Å². The number of phenolic OH excluding ortho intramolecular Hbond substituents is 1. The van der Waals surface area contributed by atoms with E-state index in [2.05, 4.69) is 0 Å². The van der Waals surface area contributed by atoms with Crippen molar-refractivity contribution in [1.82, 2.24) is 0 Å². The summed E-state index contributed by atoms with van der Waals surface area (Å²) in [5.41, 5.74) is 8.54. The van der Waals surface area contributed by atoms with Crippen LogP contribution in [-0.2, 0) is 0 Å². The fourth-order valence-corrected chi connectivity index (χ4v) is 1.67. The highest BCUT2D eigenvalue weighted by atomic mass is 16.5. The minimum Gasteiger partial charge on any atom is -0.508 e. The topological polar surface area (TPSA) is 55.5 Å².